The van der Waals surface area contributed by atoms with E-state index in [4.69, 9.17) is 20.8 Å². The van der Waals surface area contributed by atoms with Gasteiger partial charge in [-0.1, -0.05) is 41.9 Å². The van der Waals surface area contributed by atoms with Crippen molar-refractivity contribution in [2.75, 3.05) is 6.61 Å². The third-order valence-corrected chi connectivity index (χ3v) is 5.76. The molecule has 4 aromatic rings. The van der Waals surface area contributed by atoms with Crippen LogP contribution in [0.1, 0.15) is 34.1 Å². The van der Waals surface area contributed by atoms with Crippen LogP contribution in [0, 0.1) is 0 Å². The molecule has 1 aliphatic heterocycles. The highest BCUT2D eigenvalue weighted by molar-refractivity contribution is 6.30. The number of hydrazone groups is 1. The van der Waals surface area contributed by atoms with E-state index in [1.165, 1.54) is 11.3 Å². The molecule has 0 aliphatic carbocycles. The monoisotopic (exact) mass is 475 g/mol. The normalized spacial score (nSPS) is 15.4. The van der Waals surface area contributed by atoms with Gasteiger partial charge in [-0.05, 0) is 35.9 Å². The highest BCUT2D eigenvalue weighted by atomic mass is 35.5. The third-order valence-electron chi connectivity index (χ3n) is 5.51. The second-order valence-electron chi connectivity index (χ2n) is 7.70. The minimum atomic E-state index is -0.772. The maximum atomic E-state index is 13.1. The van der Waals surface area contributed by atoms with Crippen LogP contribution in [0.25, 0.3) is 10.9 Å². The van der Waals surface area contributed by atoms with Gasteiger partial charge >= 0.3 is 5.97 Å². The lowest BCUT2D eigenvalue weighted by Gasteiger charge is -2.19. The van der Waals surface area contributed by atoms with Gasteiger partial charge in [0.05, 0.1) is 17.5 Å². The molecule has 0 saturated heterocycles. The Balaban J connectivity index is 1.37. The highest BCUT2D eigenvalue weighted by Crippen LogP contribution is 2.33. The molecule has 0 saturated carbocycles. The molecule has 0 bridgehead atoms. The van der Waals surface area contributed by atoms with Gasteiger partial charge in [0.1, 0.15) is 11.8 Å². The molecule has 1 atom stereocenters. The molecule has 0 unspecified atom stereocenters. The molecular weight excluding hydrogens is 458 g/mol. The molecular formula is C25H18ClN3O5. The van der Waals surface area contributed by atoms with Crippen molar-refractivity contribution in [1.29, 1.82) is 0 Å². The number of aromatic nitrogens is 1. The van der Waals surface area contributed by atoms with Crippen molar-refractivity contribution < 1.29 is 18.7 Å². The SMILES string of the molecule is O=C(OCC(=O)N1N=C(c2ccc(Cl)cc2)C[C@H]1c1ccco1)c1cc(=O)[nH]c2ccccc12. The molecule has 1 N–H and O–H groups in total. The number of rotatable bonds is 5. The Morgan fingerprint density at radius 2 is 1.91 bits per heavy atom. The summed E-state index contributed by atoms with van der Waals surface area (Å²) in [6.07, 6.45) is 1.95. The number of hydrogen-bond donors (Lipinski definition) is 1. The first-order valence-corrected chi connectivity index (χ1v) is 10.9. The number of nitrogens with zero attached hydrogens (tertiary/aromatic N) is 2. The quantitative estimate of drug-likeness (QED) is 0.433. The lowest BCUT2D eigenvalue weighted by atomic mass is 10.0. The molecule has 1 aliphatic rings. The fourth-order valence-electron chi connectivity index (χ4n) is 3.90. The van der Waals surface area contributed by atoms with E-state index >= 15 is 0 Å². The van der Waals surface area contributed by atoms with Crippen LogP contribution in [0.3, 0.4) is 0 Å². The molecule has 170 valence electrons. The Kier molecular flexibility index (Phi) is 5.73. The van der Waals surface area contributed by atoms with Crippen LogP contribution in [0.4, 0.5) is 0 Å². The molecule has 2 aromatic heterocycles. The number of aromatic amines is 1. The highest BCUT2D eigenvalue weighted by Gasteiger charge is 2.35. The standard InChI is InChI=1S/C25H18ClN3O5/c26-16-9-7-15(8-10-16)20-13-21(22-6-3-11-33-22)29(28-20)24(31)14-34-25(32)18-12-23(30)27-19-5-2-1-4-17(18)19/h1-12,21H,13-14H2,(H,27,30)/t21-/m0/s1. The fourth-order valence-corrected chi connectivity index (χ4v) is 4.03. The van der Waals surface area contributed by atoms with Gasteiger partial charge in [0.25, 0.3) is 5.91 Å². The van der Waals surface area contributed by atoms with Gasteiger partial charge in [0, 0.05) is 28.4 Å². The van der Waals surface area contributed by atoms with Crippen LogP contribution < -0.4 is 5.56 Å². The van der Waals surface area contributed by atoms with E-state index in [1.54, 1.807) is 48.5 Å². The summed E-state index contributed by atoms with van der Waals surface area (Å²) >= 11 is 5.99. The average Bonchev–Trinajstić information content (AvgIpc) is 3.52. The van der Waals surface area contributed by atoms with Crippen molar-refractivity contribution in [3.8, 4) is 0 Å². The molecule has 0 radical (unpaired) electrons. The number of nitrogens with one attached hydrogen (secondary N) is 1. The Morgan fingerprint density at radius 1 is 1.12 bits per heavy atom. The molecule has 3 heterocycles. The number of esters is 1. The number of fused-ring (bicyclic) bond motifs is 1. The lowest BCUT2D eigenvalue weighted by molar-refractivity contribution is -0.136. The van der Waals surface area contributed by atoms with Gasteiger partial charge in [0.15, 0.2) is 6.61 Å². The number of para-hydroxylation sites is 1. The number of pyridine rings is 1. The number of amides is 1. The first-order chi connectivity index (χ1) is 16.5. The zero-order valence-corrected chi connectivity index (χ0v) is 18.5. The van der Waals surface area contributed by atoms with Gasteiger partial charge < -0.3 is 14.1 Å². The van der Waals surface area contributed by atoms with E-state index in [2.05, 4.69) is 10.1 Å². The van der Waals surface area contributed by atoms with Crippen molar-refractivity contribution in [2.24, 2.45) is 5.10 Å². The van der Waals surface area contributed by atoms with Crippen molar-refractivity contribution in [3.63, 3.8) is 0 Å². The maximum absolute atomic E-state index is 13.1. The van der Waals surface area contributed by atoms with E-state index in [0.717, 1.165) is 11.6 Å². The van der Waals surface area contributed by atoms with E-state index in [-0.39, 0.29) is 5.56 Å². The Labute approximate surface area is 198 Å². The molecule has 34 heavy (non-hydrogen) atoms. The molecule has 8 nitrogen and oxygen atoms in total. The van der Waals surface area contributed by atoms with Crippen molar-refractivity contribution in [1.82, 2.24) is 9.99 Å². The summed E-state index contributed by atoms with van der Waals surface area (Å²) < 4.78 is 10.8. The Hall–Kier alpha value is -4.17. The predicted molar refractivity (Wildman–Crippen MR) is 126 cm³/mol. The summed E-state index contributed by atoms with van der Waals surface area (Å²) in [6.45, 7) is -0.547. The number of carbonyl (C=O) groups is 2. The van der Waals surface area contributed by atoms with Crippen molar-refractivity contribution in [2.45, 2.75) is 12.5 Å². The number of benzene rings is 2. The van der Waals surface area contributed by atoms with Crippen LogP contribution in [0.15, 0.2) is 87.3 Å². The van der Waals surface area contributed by atoms with Crippen LogP contribution in [-0.4, -0.2) is 34.2 Å². The summed E-state index contributed by atoms with van der Waals surface area (Å²) in [4.78, 5) is 40.4. The van der Waals surface area contributed by atoms with Gasteiger partial charge in [-0.3, -0.25) is 9.59 Å². The number of carbonyl (C=O) groups excluding carboxylic acids is 2. The maximum Gasteiger partial charge on any atom is 0.339 e. The molecule has 1 amide bonds. The summed E-state index contributed by atoms with van der Waals surface area (Å²) in [7, 11) is 0. The van der Waals surface area contributed by atoms with Gasteiger partial charge in [-0.25, -0.2) is 9.80 Å². The predicted octanol–water partition coefficient (Wildman–Crippen LogP) is 4.31. The fraction of sp³-hybridized carbons (Fsp3) is 0.120. The minimum Gasteiger partial charge on any atom is -0.467 e. The zero-order chi connectivity index (χ0) is 23.7. The Bertz CT molecular complexity index is 1460. The topological polar surface area (TPSA) is 105 Å². The van der Waals surface area contributed by atoms with Crippen molar-refractivity contribution in [3.05, 3.63) is 105 Å². The molecule has 0 spiro atoms. The zero-order valence-electron chi connectivity index (χ0n) is 17.7. The first kappa shape index (κ1) is 21.7. The van der Waals surface area contributed by atoms with Crippen LogP contribution >= 0.6 is 11.6 Å². The summed E-state index contributed by atoms with van der Waals surface area (Å²) in [6, 6.07) is 18.2. The van der Waals surface area contributed by atoms with Gasteiger partial charge in [-0.2, -0.15) is 5.10 Å². The molecule has 9 heteroatoms. The van der Waals surface area contributed by atoms with E-state index < -0.39 is 30.1 Å². The van der Waals surface area contributed by atoms with Crippen LogP contribution in [0.5, 0.6) is 0 Å². The van der Waals surface area contributed by atoms with Crippen LogP contribution in [-0.2, 0) is 9.53 Å². The Morgan fingerprint density at radius 3 is 2.68 bits per heavy atom. The molecule has 0 fully saturated rings. The van der Waals surface area contributed by atoms with E-state index in [0.29, 0.717) is 33.8 Å². The smallest absolute Gasteiger partial charge is 0.339 e. The van der Waals surface area contributed by atoms with Gasteiger partial charge in [0.2, 0.25) is 5.56 Å². The second-order valence-corrected chi connectivity index (χ2v) is 8.13. The third kappa shape index (κ3) is 4.23. The molecule has 5 rings (SSSR count). The average molecular weight is 476 g/mol. The molecule has 2 aromatic carbocycles. The lowest BCUT2D eigenvalue weighted by Crippen LogP contribution is -2.31. The van der Waals surface area contributed by atoms with E-state index in [9.17, 15) is 14.4 Å². The van der Waals surface area contributed by atoms with Gasteiger partial charge in [-0.15, -0.1) is 0 Å². The number of furan rings is 1. The summed E-state index contributed by atoms with van der Waals surface area (Å²) in [5, 5.41) is 6.88. The second kappa shape index (κ2) is 8.99. The largest absolute Gasteiger partial charge is 0.467 e. The summed E-state index contributed by atoms with van der Waals surface area (Å²) in [5.74, 6) is -0.730. The van der Waals surface area contributed by atoms with Crippen molar-refractivity contribution >= 4 is 40.1 Å². The summed E-state index contributed by atoms with van der Waals surface area (Å²) in [5.41, 5.74) is 1.65. The van der Waals surface area contributed by atoms with E-state index in [1.807, 2.05) is 12.1 Å². The number of H-pyrrole nitrogens is 1. The number of hydrogen-bond acceptors (Lipinski definition) is 6. The van der Waals surface area contributed by atoms with Crippen LogP contribution in [0.2, 0.25) is 5.02 Å². The minimum absolute atomic E-state index is 0.0847. The first-order valence-electron chi connectivity index (χ1n) is 10.5. The number of halogens is 1. The number of ether oxygens (including phenoxy) is 1.